The molecule has 2 rings (SSSR count). The number of carbonyl (C=O) groups excluding carboxylic acids is 1. The third kappa shape index (κ3) is 3.72. The Kier molecular flexibility index (Phi) is 5.41. The van der Waals surface area contributed by atoms with Crippen molar-refractivity contribution in [2.24, 2.45) is 0 Å². The van der Waals surface area contributed by atoms with Crippen LogP contribution in [-0.4, -0.2) is 50.4 Å². The van der Waals surface area contributed by atoms with Crippen LogP contribution in [0.1, 0.15) is 37.0 Å². The van der Waals surface area contributed by atoms with Crippen LogP contribution in [0, 0.1) is 5.82 Å². The van der Waals surface area contributed by atoms with Gasteiger partial charge in [0.25, 0.3) is 0 Å². The maximum atomic E-state index is 13.9. The lowest BCUT2D eigenvalue weighted by atomic mass is 10.0. The van der Waals surface area contributed by atoms with E-state index in [9.17, 15) is 17.6 Å². The molecule has 128 valence electrons. The molecule has 1 aromatic carbocycles. The first-order valence-corrected chi connectivity index (χ1v) is 9.39. The number of carbonyl (C=O) groups is 1. The van der Waals surface area contributed by atoms with Crippen LogP contribution in [0.25, 0.3) is 0 Å². The second-order valence-corrected chi connectivity index (χ2v) is 8.14. The number of ketones is 1. The molecule has 5 nitrogen and oxygen atoms in total. The van der Waals surface area contributed by atoms with Crippen molar-refractivity contribution in [3.8, 4) is 0 Å². The Balaban J connectivity index is 2.15. The van der Waals surface area contributed by atoms with Crippen molar-refractivity contribution >= 4 is 21.5 Å². The fraction of sp³-hybridized carbons (Fsp3) is 0.562. The van der Waals surface area contributed by atoms with E-state index in [1.165, 1.54) is 17.3 Å². The van der Waals surface area contributed by atoms with Crippen LogP contribution < -0.4 is 4.90 Å². The third-order valence-electron chi connectivity index (χ3n) is 4.47. The standard InChI is InChI=1S/C16H23FN2O3S/c1-4-23(21,22)18(3)13-8-10-19(11-9-13)15-7-5-6-14(17)16(15)12(2)20/h5-7,13H,4,8-11H2,1-3H3. The van der Waals surface area contributed by atoms with Crippen LogP contribution in [0.3, 0.4) is 0 Å². The van der Waals surface area contributed by atoms with E-state index in [0.29, 0.717) is 31.6 Å². The van der Waals surface area contributed by atoms with Gasteiger partial charge in [-0.2, -0.15) is 0 Å². The Morgan fingerprint density at radius 3 is 2.48 bits per heavy atom. The van der Waals surface area contributed by atoms with E-state index < -0.39 is 15.8 Å². The third-order valence-corrected chi connectivity index (χ3v) is 6.37. The highest BCUT2D eigenvalue weighted by Crippen LogP contribution is 2.28. The summed E-state index contributed by atoms with van der Waals surface area (Å²) in [6.07, 6.45) is 1.31. The molecule has 0 N–H and O–H groups in total. The summed E-state index contributed by atoms with van der Waals surface area (Å²) < 4.78 is 39.3. The molecule has 0 aliphatic carbocycles. The second kappa shape index (κ2) is 6.97. The van der Waals surface area contributed by atoms with Crippen LogP contribution in [-0.2, 0) is 10.0 Å². The highest BCUT2D eigenvalue weighted by molar-refractivity contribution is 7.89. The van der Waals surface area contributed by atoms with Crippen molar-refractivity contribution in [2.75, 3.05) is 30.8 Å². The Morgan fingerprint density at radius 1 is 1.35 bits per heavy atom. The summed E-state index contributed by atoms with van der Waals surface area (Å²) in [5.74, 6) is -0.726. The van der Waals surface area contributed by atoms with E-state index in [1.54, 1.807) is 26.1 Å². The smallest absolute Gasteiger partial charge is 0.213 e. The number of rotatable bonds is 5. The van der Waals surface area contributed by atoms with Crippen molar-refractivity contribution in [3.63, 3.8) is 0 Å². The highest BCUT2D eigenvalue weighted by atomic mass is 32.2. The van der Waals surface area contributed by atoms with Crippen molar-refractivity contribution in [1.82, 2.24) is 4.31 Å². The summed E-state index contributed by atoms with van der Waals surface area (Å²) in [6, 6.07) is 4.57. The Labute approximate surface area is 137 Å². The van der Waals surface area contributed by atoms with Crippen molar-refractivity contribution in [2.45, 2.75) is 32.7 Å². The Hall–Kier alpha value is -1.47. The van der Waals surface area contributed by atoms with E-state index in [2.05, 4.69) is 0 Å². The number of hydrogen-bond donors (Lipinski definition) is 0. The largest absolute Gasteiger partial charge is 0.371 e. The first kappa shape index (κ1) is 17.9. The molecule has 7 heteroatoms. The molecule has 1 aliphatic rings. The SMILES string of the molecule is CCS(=O)(=O)N(C)C1CCN(c2cccc(F)c2C(C)=O)CC1. The molecule has 0 saturated carbocycles. The van der Waals surface area contributed by atoms with Gasteiger partial charge in [-0.1, -0.05) is 6.07 Å². The molecule has 1 heterocycles. The molecule has 0 atom stereocenters. The van der Waals surface area contributed by atoms with Gasteiger partial charge in [-0.05, 0) is 38.8 Å². The summed E-state index contributed by atoms with van der Waals surface area (Å²) in [7, 11) is -1.59. The summed E-state index contributed by atoms with van der Waals surface area (Å²) in [5, 5.41) is 0. The number of halogens is 1. The van der Waals surface area contributed by atoms with Crippen LogP contribution in [0.2, 0.25) is 0 Å². The average molecular weight is 342 g/mol. The number of anilines is 1. The van der Waals surface area contributed by atoms with Gasteiger partial charge in [0.15, 0.2) is 5.78 Å². The zero-order valence-corrected chi connectivity index (χ0v) is 14.6. The molecule has 23 heavy (non-hydrogen) atoms. The fourth-order valence-corrected chi connectivity index (χ4v) is 4.10. The van der Waals surface area contributed by atoms with Crippen LogP contribution in [0.15, 0.2) is 18.2 Å². The van der Waals surface area contributed by atoms with Gasteiger partial charge in [-0.3, -0.25) is 4.79 Å². The van der Waals surface area contributed by atoms with Crippen LogP contribution in [0.4, 0.5) is 10.1 Å². The second-order valence-electron chi connectivity index (χ2n) is 5.83. The van der Waals surface area contributed by atoms with Gasteiger partial charge in [-0.25, -0.2) is 17.1 Å². The molecular formula is C16H23FN2O3S. The van der Waals surface area contributed by atoms with E-state index in [4.69, 9.17) is 0 Å². The zero-order chi connectivity index (χ0) is 17.2. The van der Waals surface area contributed by atoms with E-state index in [0.717, 1.165) is 0 Å². The Bertz CT molecular complexity index is 683. The molecular weight excluding hydrogens is 319 g/mol. The van der Waals surface area contributed by atoms with E-state index in [1.807, 2.05) is 4.90 Å². The summed E-state index contributed by atoms with van der Waals surface area (Å²) in [6.45, 7) is 4.18. The minimum Gasteiger partial charge on any atom is -0.371 e. The normalized spacial score (nSPS) is 16.8. The summed E-state index contributed by atoms with van der Waals surface area (Å²) >= 11 is 0. The lowest BCUT2D eigenvalue weighted by Gasteiger charge is -2.37. The van der Waals surface area contributed by atoms with Crippen molar-refractivity contribution in [3.05, 3.63) is 29.6 Å². The first-order valence-electron chi connectivity index (χ1n) is 7.78. The lowest BCUT2D eigenvalue weighted by molar-refractivity contribution is 0.101. The number of hydrogen-bond acceptors (Lipinski definition) is 4. The topological polar surface area (TPSA) is 57.7 Å². The number of benzene rings is 1. The maximum Gasteiger partial charge on any atom is 0.213 e. The number of nitrogens with zero attached hydrogens (tertiary/aromatic N) is 2. The monoisotopic (exact) mass is 342 g/mol. The molecule has 0 spiro atoms. The van der Waals surface area contributed by atoms with Crippen LogP contribution >= 0.6 is 0 Å². The molecule has 0 bridgehead atoms. The minimum absolute atomic E-state index is 0.0504. The molecule has 1 saturated heterocycles. The maximum absolute atomic E-state index is 13.9. The van der Waals surface area contributed by atoms with E-state index in [-0.39, 0.29) is 23.1 Å². The Morgan fingerprint density at radius 2 is 1.96 bits per heavy atom. The van der Waals surface area contributed by atoms with Gasteiger partial charge in [0, 0.05) is 26.2 Å². The summed E-state index contributed by atoms with van der Waals surface area (Å²) in [5.41, 5.74) is 0.706. The molecule has 1 aliphatic heterocycles. The molecule has 0 amide bonds. The molecule has 0 aromatic heterocycles. The van der Waals surface area contributed by atoms with Gasteiger partial charge in [0.1, 0.15) is 5.82 Å². The fourth-order valence-electron chi connectivity index (χ4n) is 3.03. The quantitative estimate of drug-likeness (QED) is 0.771. The summed E-state index contributed by atoms with van der Waals surface area (Å²) in [4.78, 5) is 13.7. The van der Waals surface area contributed by atoms with Crippen molar-refractivity contribution < 1.29 is 17.6 Å². The lowest BCUT2D eigenvalue weighted by Crippen LogP contribution is -2.46. The highest BCUT2D eigenvalue weighted by Gasteiger charge is 2.30. The van der Waals surface area contributed by atoms with Gasteiger partial charge in [-0.15, -0.1) is 0 Å². The average Bonchev–Trinajstić information content (AvgIpc) is 2.53. The molecule has 1 fully saturated rings. The number of piperidine rings is 1. The van der Waals surface area contributed by atoms with E-state index >= 15 is 0 Å². The first-order chi connectivity index (χ1) is 10.8. The number of sulfonamides is 1. The van der Waals surface area contributed by atoms with Gasteiger partial charge in [0.05, 0.1) is 17.0 Å². The molecule has 0 unspecified atom stereocenters. The minimum atomic E-state index is -3.21. The molecule has 1 aromatic rings. The van der Waals surface area contributed by atoms with Crippen LogP contribution in [0.5, 0.6) is 0 Å². The van der Waals surface area contributed by atoms with Gasteiger partial charge in [0.2, 0.25) is 10.0 Å². The number of Topliss-reactive ketones (excluding diaryl/α,β-unsaturated/α-hetero) is 1. The van der Waals surface area contributed by atoms with Gasteiger partial charge < -0.3 is 4.90 Å². The zero-order valence-electron chi connectivity index (χ0n) is 13.8. The van der Waals surface area contributed by atoms with Crippen molar-refractivity contribution in [1.29, 1.82) is 0 Å². The predicted octanol–water partition coefficient (Wildman–Crippen LogP) is 2.28. The predicted molar refractivity (Wildman–Crippen MR) is 88.9 cm³/mol. The van der Waals surface area contributed by atoms with Gasteiger partial charge >= 0.3 is 0 Å². The molecule has 0 radical (unpaired) electrons.